The van der Waals surface area contributed by atoms with Gasteiger partial charge in [-0.05, 0) is 31.0 Å². The Labute approximate surface area is 192 Å². The Morgan fingerprint density at radius 1 is 1.00 bits per heavy atom. The third-order valence-electron chi connectivity index (χ3n) is 5.64. The van der Waals surface area contributed by atoms with Crippen LogP contribution in [0.3, 0.4) is 0 Å². The number of anilines is 1. The number of aryl methyl sites for hydroxylation is 1. The molecule has 0 unspecified atom stereocenters. The number of ether oxygens (including phenoxy) is 2. The lowest BCUT2D eigenvalue weighted by Gasteiger charge is -2.23. The molecule has 4 rings (SSSR count). The van der Waals surface area contributed by atoms with Crippen molar-refractivity contribution in [2.45, 2.75) is 19.8 Å². The summed E-state index contributed by atoms with van der Waals surface area (Å²) in [6, 6.07) is 13.9. The lowest BCUT2D eigenvalue weighted by atomic mass is 10.1. The van der Waals surface area contributed by atoms with Gasteiger partial charge in [0.05, 0.1) is 14.2 Å². The number of nitrogens with zero attached hydrogens (tertiary/aromatic N) is 4. The molecule has 2 heterocycles. The highest BCUT2D eigenvalue weighted by atomic mass is 32.1. The van der Waals surface area contributed by atoms with Gasteiger partial charge in [-0.3, -0.25) is 4.79 Å². The molecular formula is C24H28N4O3S. The van der Waals surface area contributed by atoms with E-state index in [1.54, 1.807) is 26.4 Å². The van der Waals surface area contributed by atoms with Gasteiger partial charge in [0.15, 0.2) is 0 Å². The highest BCUT2D eigenvalue weighted by Crippen LogP contribution is 2.30. The van der Waals surface area contributed by atoms with Crippen LogP contribution in [0.5, 0.6) is 11.5 Å². The van der Waals surface area contributed by atoms with Crippen molar-refractivity contribution in [3.8, 4) is 11.5 Å². The van der Waals surface area contributed by atoms with Crippen molar-refractivity contribution in [1.82, 2.24) is 14.3 Å². The van der Waals surface area contributed by atoms with Crippen LogP contribution < -0.4 is 14.4 Å². The zero-order chi connectivity index (χ0) is 22.5. The smallest absolute Gasteiger partial charge is 0.261 e. The molecule has 0 N–H and O–H groups in total. The number of hydrogen-bond donors (Lipinski definition) is 0. The maximum atomic E-state index is 13.3. The van der Waals surface area contributed by atoms with E-state index in [1.165, 1.54) is 22.7 Å². The Morgan fingerprint density at radius 2 is 1.72 bits per heavy atom. The van der Waals surface area contributed by atoms with Crippen molar-refractivity contribution < 1.29 is 14.3 Å². The minimum absolute atomic E-state index is 0.0709. The molecule has 1 amide bonds. The number of amides is 1. The number of carbonyl (C=O) groups excluding carboxylic acids is 1. The van der Waals surface area contributed by atoms with Crippen molar-refractivity contribution >= 4 is 22.6 Å². The van der Waals surface area contributed by atoms with E-state index in [9.17, 15) is 4.79 Å². The molecule has 1 aliphatic heterocycles. The Morgan fingerprint density at radius 3 is 2.41 bits per heavy atom. The summed E-state index contributed by atoms with van der Waals surface area (Å²) >= 11 is 1.43. The van der Waals surface area contributed by atoms with Gasteiger partial charge in [-0.15, -0.1) is 0 Å². The maximum absolute atomic E-state index is 13.3. The Bertz CT molecular complexity index is 1050. The highest BCUT2D eigenvalue weighted by molar-refractivity contribution is 7.09. The fraction of sp³-hybridized carbons (Fsp3) is 0.375. The van der Waals surface area contributed by atoms with E-state index >= 15 is 0 Å². The van der Waals surface area contributed by atoms with E-state index < -0.39 is 0 Å². The summed E-state index contributed by atoms with van der Waals surface area (Å²) in [4.78, 5) is 22.2. The molecule has 1 fully saturated rings. The second-order valence-corrected chi connectivity index (χ2v) is 8.56. The first-order valence-corrected chi connectivity index (χ1v) is 11.5. The average molecular weight is 453 g/mol. The summed E-state index contributed by atoms with van der Waals surface area (Å²) < 4.78 is 15.4. The van der Waals surface area contributed by atoms with Crippen molar-refractivity contribution in [3.63, 3.8) is 0 Å². The molecule has 0 aliphatic carbocycles. The van der Waals surface area contributed by atoms with Gasteiger partial charge < -0.3 is 19.3 Å². The van der Waals surface area contributed by atoms with Gasteiger partial charge >= 0.3 is 0 Å². The molecule has 1 saturated heterocycles. The first-order chi connectivity index (χ1) is 15.6. The first kappa shape index (κ1) is 22.1. The number of rotatable bonds is 6. The van der Waals surface area contributed by atoms with E-state index in [1.807, 2.05) is 11.0 Å². The van der Waals surface area contributed by atoms with Gasteiger partial charge in [0.25, 0.3) is 5.91 Å². The highest BCUT2D eigenvalue weighted by Gasteiger charge is 2.26. The summed E-state index contributed by atoms with van der Waals surface area (Å²) in [5, 5.41) is 0.913. The normalized spacial score (nSPS) is 14.2. The number of benzene rings is 2. The number of carbonyl (C=O) groups is 1. The summed E-state index contributed by atoms with van der Waals surface area (Å²) in [6.45, 7) is 4.91. The molecule has 1 aromatic heterocycles. The number of methoxy groups -OCH3 is 2. The van der Waals surface area contributed by atoms with Gasteiger partial charge in [-0.25, -0.2) is 4.98 Å². The minimum atomic E-state index is -0.0709. The standard InChI is InChI=1S/C24H28N4O3S/c1-17-8-10-18(11-9-17)16-21-25-24(32-26-21)28-13-5-12-27(14-15-28)23(29)22-19(30-2)6-4-7-20(22)31-3/h4,6-11H,5,12-16H2,1-3H3. The summed E-state index contributed by atoms with van der Waals surface area (Å²) in [6.07, 6.45) is 1.58. The predicted molar refractivity (Wildman–Crippen MR) is 126 cm³/mol. The van der Waals surface area contributed by atoms with Crippen molar-refractivity contribution in [2.75, 3.05) is 45.3 Å². The van der Waals surface area contributed by atoms with Gasteiger partial charge in [0.1, 0.15) is 22.9 Å². The second-order valence-electron chi connectivity index (χ2n) is 7.83. The molecule has 0 atom stereocenters. The van der Waals surface area contributed by atoms with Crippen LogP contribution in [0.4, 0.5) is 5.13 Å². The SMILES string of the molecule is COc1cccc(OC)c1C(=O)N1CCCN(c2nc(Cc3ccc(C)cc3)ns2)CC1. The molecule has 3 aromatic rings. The zero-order valence-corrected chi connectivity index (χ0v) is 19.5. The fourth-order valence-electron chi connectivity index (χ4n) is 3.87. The molecule has 8 heteroatoms. The summed E-state index contributed by atoms with van der Waals surface area (Å²) in [5.41, 5.74) is 2.93. The molecule has 1 aliphatic rings. The van der Waals surface area contributed by atoms with Crippen LogP contribution in [0.1, 0.15) is 33.7 Å². The van der Waals surface area contributed by atoms with E-state index in [4.69, 9.17) is 14.5 Å². The minimum Gasteiger partial charge on any atom is -0.496 e. The Balaban J connectivity index is 1.43. The van der Waals surface area contributed by atoms with Crippen LogP contribution in [0.2, 0.25) is 0 Å². The fourth-order valence-corrected chi connectivity index (χ4v) is 4.60. The quantitative estimate of drug-likeness (QED) is 0.567. The zero-order valence-electron chi connectivity index (χ0n) is 18.7. The van der Waals surface area contributed by atoms with Gasteiger partial charge in [0, 0.05) is 44.1 Å². The number of aromatic nitrogens is 2. The lowest BCUT2D eigenvalue weighted by Crippen LogP contribution is -2.35. The van der Waals surface area contributed by atoms with Crippen LogP contribution in [0.25, 0.3) is 0 Å². The largest absolute Gasteiger partial charge is 0.496 e. The van der Waals surface area contributed by atoms with Gasteiger partial charge in [0.2, 0.25) is 5.13 Å². The van der Waals surface area contributed by atoms with Crippen LogP contribution in [-0.4, -0.2) is 60.6 Å². The molecule has 32 heavy (non-hydrogen) atoms. The topological polar surface area (TPSA) is 67.8 Å². The monoisotopic (exact) mass is 452 g/mol. The van der Waals surface area contributed by atoms with Crippen molar-refractivity contribution in [1.29, 1.82) is 0 Å². The third kappa shape index (κ3) is 4.85. The maximum Gasteiger partial charge on any atom is 0.261 e. The van der Waals surface area contributed by atoms with E-state index in [2.05, 4.69) is 40.5 Å². The van der Waals surface area contributed by atoms with E-state index in [0.717, 1.165) is 30.3 Å². The first-order valence-electron chi connectivity index (χ1n) is 10.7. The lowest BCUT2D eigenvalue weighted by molar-refractivity contribution is 0.0760. The van der Waals surface area contributed by atoms with E-state index in [-0.39, 0.29) is 5.91 Å². The van der Waals surface area contributed by atoms with Crippen LogP contribution in [0.15, 0.2) is 42.5 Å². The van der Waals surface area contributed by atoms with Gasteiger partial charge in [-0.1, -0.05) is 35.9 Å². The van der Waals surface area contributed by atoms with E-state index in [0.29, 0.717) is 36.7 Å². The average Bonchev–Trinajstić information content (AvgIpc) is 3.14. The second kappa shape index (κ2) is 9.99. The van der Waals surface area contributed by atoms with Crippen LogP contribution in [-0.2, 0) is 6.42 Å². The number of hydrogen-bond acceptors (Lipinski definition) is 7. The predicted octanol–water partition coefficient (Wildman–Crippen LogP) is 3.81. The molecule has 0 spiro atoms. The molecule has 168 valence electrons. The molecule has 0 radical (unpaired) electrons. The van der Waals surface area contributed by atoms with Crippen molar-refractivity contribution in [2.24, 2.45) is 0 Å². The molecule has 7 nitrogen and oxygen atoms in total. The van der Waals surface area contributed by atoms with Crippen LogP contribution >= 0.6 is 11.5 Å². The summed E-state index contributed by atoms with van der Waals surface area (Å²) in [5.74, 6) is 1.82. The third-order valence-corrected chi connectivity index (χ3v) is 6.45. The Hall–Kier alpha value is -3.13. The Kier molecular flexibility index (Phi) is 6.90. The summed E-state index contributed by atoms with van der Waals surface area (Å²) in [7, 11) is 3.14. The molecule has 0 saturated carbocycles. The van der Waals surface area contributed by atoms with Crippen LogP contribution in [0, 0.1) is 6.92 Å². The van der Waals surface area contributed by atoms with Crippen molar-refractivity contribution in [3.05, 3.63) is 65.0 Å². The molecule has 2 aromatic carbocycles. The van der Waals surface area contributed by atoms with Gasteiger partial charge in [-0.2, -0.15) is 4.37 Å². The molecular weight excluding hydrogens is 424 g/mol. The molecule has 0 bridgehead atoms.